The third kappa shape index (κ3) is 2.98. The summed E-state index contributed by atoms with van der Waals surface area (Å²) < 4.78 is 5.63. The second kappa shape index (κ2) is 7.29. The van der Waals surface area contributed by atoms with Crippen LogP contribution < -0.4 is 16.4 Å². The minimum atomic E-state index is -1.43. The average molecular weight is 447 g/mol. The largest absolute Gasteiger partial charge is 0.376 e. The minimum Gasteiger partial charge on any atom is -0.376 e. The van der Waals surface area contributed by atoms with Crippen LogP contribution >= 0.6 is 11.6 Å². The molecule has 1 aromatic carbocycles. The molecule has 0 saturated carbocycles. The molecule has 4 heterocycles. The van der Waals surface area contributed by atoms with Gasteiger partial charge in [0.25, 0.3) is 0 Å². The van der Waals surface area contributed by atoms with Crippen LogP contribution in [0.3, 0.4) is 0 Å². The summed E-state index contributed by atoms with van der Waals surface area (Å²) >= 11 is 6.21. The number of nitrogens with two attached hydrogens (primary N) is 1. The molecule has 1 spiro atoms. The van der Waals surface area contributed by atoms with Crippen LogP contribution in [0.2, 0.25) is 5.02 Å². The van der Waals surface area contributed by atoms with E-state index in [1.807, 2.05) is 0 Å². The molecule has 1 aromatic rings. The van der Waals surface area contributed by atoms with Crippen LogP contribution in [-0.2, 0) is 29.5 Å². The molecule has 0 radical (unpaired) electrons. The molecule has 0 aliphatic carbocycles. The van der Waals surface area contributed by atoms with Gasteiger partial charge in [-0.3, -0.25) is 29.4 Å². The van der Waals surface area contributed by atoms with Crippen LogP contribution in [0, 0.1) is 11.8 Å². The summed E-state index contributed by atoms with van der Waals surface area (Å²) in [4.78, 5) is 52.9. The van der Waals surface area contributed by atoms with E-state index in [0.717, 1.165) is 12.8 Å². The van der Waals surface area contributed by atoms with E-state index in [2.05, 4.69) is 10.6 Å². The van der Waals surface area contributed by atoms with Crippen molar-refractivity contribution in [2.45, 2.75) is 43.4 Å². The fourth-order valence-electron chi connectivity index (χ4n) is 5.55. The average Bonchev–Trinajstić information content (AvgIpc) is 3.46. The number of imide groups is 1. The molecular weight excluding hydrogens is 424 g/mol. The van der Waals surface area contributed by atoms with Crippen LogP contribution in [-0.4, -0.2) is 53.8 Å². The Kier molecular flexibility index (Phi) is 4.80. The van der Waals surface area contributed by atoms with Gasteiger partial charge in [-0.2, -0.15) is 0 Å². The number of likely N-dealkylation sites (tertiary alicyclic amines) is 1. The number of rotatable bonds is 5. The molecule has 9 nitrogen and oxygen atoms in total. The van der Waals surface area contributed by atoms with E-state index in [0.29, 0.717) is 22.9 Å². The first-order valence-corrected chi connectivity index (χ1v) is 10.8. The van der Waals surface area contributed by atoms with Gasteiger partial charge in [-0.25, -0.2) is 0 Å². The summed E-state index contributed by atoms with van der Waals surface area (Å²) in [5, 5.41) is 6.49. The predicted molar refractivity (Wildman–Crippen MR) is 110 cm³/mol. The molecule has 3 fully saturated rings. The lowest BCUT2D eigenvalue weighted by atomic mass is 9.76. The second-order valence-electron chi connectivity index (χ2n) is 8.63. The van der Waals surface area contributed by atoms with Gasteiger partial charge in [-0.1, -0.05) is 11.6 Å². The quantitative estimate of drug-likeness (QED) is 0.565. The Hall–Kier alpha value is -2.49. The zero-order valence-corrected chi connectivity index (χ0v) is 17.5. The zero-order chi connectivity index (χ0) is 21.9. The number of carbonyl (C=O) groups is 4. The van der Waals surface area contributed by atoms with Crippen molar-refractivity contribution in [2.75, 3.05) is 18.5 Å². The first-order valence-electron chi connectivity index (χ1n) is 10.5. The third-order valence-corrected chi connectivity index (χ3v) is 7.12. The molecule has 164 valence electrons. The molecule has 0 bridgehead atoms. The summed E-state index contributed by atoms with van der Waals surface area (Å²) in [6, 6.07) is 4.43. The summed E-state index contributed by atoms with van der Waals surface area (Å²) in [6.07, 6.45) is 1.75. The SMILES string of the molecule is NC(=O)CC[C@@H]1N[C@]2(C(=O)Nc3ccc(Cl)cc32)[C@@H]2C(=O)N(C[C@H]3CCCO3)C(=O)[C@H]12. The van der Waals surface area contributed by atoms with E-state index >= 15 is 0 Å². The van der Waals surface area contributed by atoms with Gasteiger partial charge in [-0.05, 0) is 37.5 Å². The molecule has 4 amide bonds. The maximum absolute atomic E-state index is 13.6. The third-order valence-electron chi connectivity index (χ3n) is 6.88. The maximum atomic E-state index is 13.6. The summed E-state index contributed by atoms with van der Waals surface area (Å²) in [6.45, 7) is 0.780. The first kappa shape index (κ1) is 20.4. The lowest BCUT2D eigenvalue weighted by molar-refractivity contribution is -0.144. The maximum Gasteiger partial charge on any atom is 0.250 e. The van der Waals surface area contributed by atoms with E-state index in [4.69, 9.17) is 22.1 Å². The van der Waals surface area contributed by atoms with Gasteiger partial charge in [-0.15, -0.1) is 0 Å². The number of benzene rings is 1. The zero-order valence-electron chi connectivity index (χ0n) is 16.7. The smallest absolute Gasteiger partial charge is 0.250 e. The number of anilines is 1. The number of hydrogen-bond acceptors (Lipinski definition) is 6. The van der Waals surface area contributed by atoms with Crippen LogP contribution in [0.15, 0.2) is 18.2 Å². The van der Waals surface area contributed by atoms with Crippen molar-refractivity contribution in [1.29, 1.82) is 0 Å². The molecule has 5 rings (SSSR count). The number of primary amides is 1. The Labute approximate surface area is 183 Å². The fourth-order valence-corrected chi connectivity index (χ4v) is 5.72. The van der Waals surface area contributed by atoms with Crippen LogP contribution in [0.1, 0.15) is 31.2 Å². The van der Waals surface area contributed by atoms with E-state index in [-0.39, 0.29) is 31.4 Å². The van der Waals surface area contributed by atoms with Crippen LogP contribution in [0.4, 0.5) is 5.69 Å². The highest BCUT2D eigenvalue weighted by Gasteiger charge is 2.70. The summed E-state index contributed by atoms with van der Waals surface area (Å²) in [5.74, 6) is -3.36. The van der Waals surface area contributed by atoms with E-state index in [1.165, 1.54) is 4.90 Å². The van der Waals surface area contributed by atoms with E-state index in [1.54, 1.807) is 18.2 Å². The molecular formula is C21H23ClN4O5. The number of carbonyl (C=O) groups excluding carboxylic acids is 4. The Balaban J connectivity index is 1.57. The molecule has 5 atom stereocenters. The van der Waals surface area contributed by atoms with Crippen molar-refractivity contribution < 1.29 is 23.9 Å². The van der Waals surface area contributed by atoms with Crippen molar-refractivity contribution in [2.24, 2.45) is 17.6 Å². The molecule has 4 aliphatic heterocycles. The highest BCUT2D eigenvalue weighted by molar-refractivity contribution is 6.31. The van der Waals surface area contributed by atoms with E-state index in [9.17, 15) is 19.2 Å². The van der Waals surface area contributed by atoms with Gasteiger partial charge in [0.05, 0.1) is 24.5 Å². The highest BCUT2D eigenvalue weighted by Crippen LogP contribution is 2.54. The van der Waals surface area contributed by atoms with Gasteiger partial charge < -0.3 is 15.8 Å². The number of halogens is 1. The summed E-state index contributed by atoms with van der Waals surface area (Å²) in [7, 11) is 0. The molecule has 4 N–H and O–H groups in total. The van der Waals surface area contributed by atoms with Crippen molar-refractivity contribution in [1.82, 2.24) is 10.2 Å². The van der Waals surface area contributed by atoms with Crippen LogP contribution in [0.25, 0.3) is 0 Å². The Bertz CT molecular complexity index is 994. The van der Waals surface area contributed by atoms with Gasteiger partial charge in [0.2, 0.25) is 23.6 Å². The Morgan fingerprint density at radius 2 is 2.10 bits per heavy atom. The van der Waals surface area contributed by atoms with Gasteiger partial charge in [0.1, 0.15) is 5.54 Å². The molecule has 0 aromatic heterocycles. The number of amides is 4. The topological polar surface area (TPSA) is 131 Å². The second-order valence-corrected chi connectivity index (χ2v) is 9.07. The molecule has 31 heavy (non-hydrogen) atoms. The highest BCUT2D eigenvalue weighted by atomic mass is 35.5. The minimum absolute atomic E-state index is 0.0359. The molecule has 3 saturated heterocycles. The van der Waals surface area contributed by atoms with Crippen molar-refractivity contribution >= 4 is 40.9 Å². The fraction of sp³-hybridized carbons (Fsp3) is 0.524. The number of fused-ring (bicyclic) bond motifs is 4. The summed E-state index contributed by atoms with van der Waals surface area (Å²) in [5.41, 5.74) is 5.00. The van der Waals surface area contributed by atoms with E-state index < -0.39 is 41.1 Å². The van der Waals surface area contributed by atoms with Crippen molar-refractivity contribution in [3.63, 3.8) is 0 Å². The number of ether oxygens (including phenoxy) is 1. The monoisotopic (exact) mass is 446 g/mol. The lowest BCUT2D eigenvalue weighted by Gasteiger charge is -2.30. The first-order chi connectivity index (χ1) is 14.8. The molecule has 4 aliphatic rings. The van der Waals surface area contributed by atoms with Crippen molar-refractivity contribution in [3.05, 3.63) is 28.8 Å². The standard InChI is InChI=1S/C21H23ClN4O5/c22-10-3-4-13-12(8-10)21(20(30)24-13)17-16(14(25-21)5-6-15(23)27)18(28)26(19(17)29)9-11-2-1-7-31-11/h3-4,8,11,14,16-17,25H,1-2,5-7,9H2,(H2,23,27)(H,24,30)/t11-,14+,16-,17+,21+/m1/s1. The van der Waals surface area contributed by atoms with Gasteiger partial charge in [0, 0.05) is 35.3 Å². The van der Waals surface area contributed by atoms with Gasteiger partial charge in [0.15, 0.2) is 0 Å². The van der Waals surface area contributed by atoms with Crippen molar-refractivity contribution in [3.8, 4) is 0 Å². The normalized spacial score (nSPS) is 33.8. The van der Waals surface area contributed by atoms with Crippen LogP contribution in [0.5, 0.6) is 0 Å². The van der Waals surface area contributed by atoms with Gasteiger partial charge >= 0.3 is 0 Å². The lowest BCUT2D eigenvalue weighted by Crippen LogP contribution is -2.53. The number of hydrogen-bond donors (Lipinski definition) is 3. The Morgan fingerprint density at radius 3 is 2.81 bits per heavy atom. The Morgan fingerprint density at radius 1 is 1.29 bits per heavy atom. The number of nitrogens with one attached hydrogen (secondary N) is 2. The molecule has 0 unspecified atom stereocenters. The number of nitrogens with zero attached hydrogens (tertiary/aromatic N) is 1. The predicted octanol–water partition coefficient (Wildman–Crippen LogP) is 0.505. The molecule has 10 heteroatoms.